The first-order valence-electron chi connectivity index (χ1n) is 6.57. The Kier molecular flexibility index (Phi) is 3.12. The van der Waals surface area contributed by atoms with Gasteiger partial charge in [-0.3, -0.25) is 0 Å². The number of rotatable bonds is 5. The summed E-state index contributed by atoms with van der Waals surface area (Å²) < 4.78 is 2.31. The smallest absolute Gasteiger partial charge is 0.203 e. The summed E-state index contributed by atoms with van der Waals surface area (Å²) in [5.41, 5.74) is 1.10. The minimum Gasteiger partial charge on any atom is -0.353 e. The average Bonchev–Trinajstić information content (AvgIpc) is 2.92. The normalized spacial score (nSPS) is 16.8. The van der Waals surface area contributed by atoms with Gasteiger partial charge in [-0.25, -0.2) is 4.98 Å². The van der Waals surface area contributed by atoms with Crippen LogP contribution < -0.4 is 5.32 Å². The minimum absolute atomic E-state index is 0.419. The van der Waals surface area contributed by atoms with Crippen molar-refractivity contribution in [2.75, 3.05) is 5.32 Å². The summed E-state index contributed by atoms with van der Waals surface area (Å²) in [6, 6.07) is 5.41. The molecule has 96 valence electrons. The summed E-state index contributed by atoms with van der Waals surface area (Å²) >= 11 is 1.82. The third-order valence-electron chi connectivity index (χ3n) is 3.26. The molecule has 2 aromatic heterocycles. The van der Waals surface area contributed by atoms with Crippen molar-refractivity contribution in [1.29, 1.82) is 0 Å². The number of thiophene rings is 1. The van der Waals surface area contributed by atoms with Gasteiger partial charge in [-0.2, -0.15) is 0 Å². The monoisotopic (exact) mass is 261 g/mol. The summed E-state index contributed by atoms with van der Waals surface area (Å²) in [7, 11) is 0. The van der Waals surface area contributed by atoms with Gasteiger partial charge in [0.1, 0.15) is 0 Å². The highest BCUT2D eigenvalue weighted by atomic mass is 32.1. The molecule has 1 N–H and O–H groups in total. The van der Waals surface area contributed by atoms with Crippen LogP contribution in [0.25, 0.3) is 0 Å². The maximum absolute atomic E-state index is 4.60. The second-order valence-corrected chi connectivity index (χ2v) is 6.21. The minimum atomic E-state index is 0.419. The maximum atomic E-state index is 4.60. The number of hydrogen-bond donors (Lipinski definition) is 1. The summed E-state index contributed by atoms with van der Waals surface area (Å²) in [5.74, 6) is 1.04. The molecule has 1 aliphatic carbocycles. The van der Waals surface area contributed by atoms with Gasteiger partial charge in [0, 0.05) is 29.6 Å². The number of nitrogens with zero attached hydrogens (tertiary/aromatic N) is 2. The van der Waals surface area contributed by atoms with Crippen molar-refractivity contribution in [2.45, 2.75) is 45.2 Å². The van der Waals surface area contributed by atoms with Crippen molar-refractivity contribution >= 4 is 17.3 Å². The van der Waals surface area contributed by atoms with Crippen LogP contribution in [0.2, 0.25) is 0 Å². The molecule has 2 aromatic rings. The molecule has 0 aromatic carbocycles. The number of aromatic nitrogens is 2. The van der Waals surface area contributed by atoms with Crippen molar-refractivity contribution in [1.82, 2.24) is 9.55 Å². The lowest BCUT2D eigenvalue weighted by molar-refractivity contribution is 0.713. The Morgan fingerprint density at radius 2 is 2.39 bits per heavy atom. The fourth-order valence-electron chi connectivity index (χ4n) is 2.26. The van der Waals surface area contributed by atoms with Crippen LogP contribution in [0, 0.1) is 6.92 Å². The highest BCUT2D eigenvalue weighted by Crippen LogP contribution is 2.37. The van der Waals surface area contributed by atoms with Crippen molar-refractivity contribution in [3.8, 4) is 0 Å². The van der Waals surface area contributed by atoms with Crippen LogP contribution in [0.15, 0.2) is 23.7 Å². The molecule has 1 aliphatic rings. The molecule has 2 heterocycles. The predicted molar refractivity (Wildman–Crippen MR) is 76.3 cm³/mol. The largest absolute Gasteiger partial charge is 0.353 e. The SMILES string of the molecule is Cc1cn(C2CC2)c(NC(C)Cc2cccs2)n1. The molecule has 18 heavy (non-hydrogen) atoms. The second kappa shape index (κ2) is 4.76. The molecule has 0 aliphatic heterocycles. The second-order valence-electron chi connectivity index (χ2n) is 5.17. The Labute approximate surface area is 112 Å². The van der Waals surface area contributed by atoms with Gasteiger partial charge in [-0.1, -0.05) is 6.07 Å². The quantitative estimate of drug-likeness (QED) is 0.890. The van der Waals surface area contributed by atoms with E-state index in [2.05, 4.69) is 52.4 Å². The van der Waals surface area contributed by atoms with E-state index < -0.39 is 0 Å². The first-order valence-corrected chi connectivity index (χ1v) is 7.45. The number of anilines is 1. The molecule has 3 nitrogen and oxygen atoms in total. The van der Waals surface area contributed by atoms with E-state index in [0.717, 1.165) is 18.1 Å². The standard InChI is InChI=1S/C14H19N3S/c1-10(8-13-4-3-7-18-13)15-14-16-11(2)9-17(14)12-5-6-12/h3-4,7,9-10,12H,5-6,8H2,1-2H3,(H,15,16). The van der Waals surface area contributed by atoms with Crippen LogP contribution in [0.1, 0.15) is 36.4 Å². The number of imidazole rings is 1. The highest BCUT2D eigenvalue weighted by molar-refractivity contribution is 7.09. The Morgan fingerprint density at radius 3 is 3.06 bits per heavy atom. The first kappa shape index (κ1) is 11.8. The zero-order valence-electron chi connectivity index (χ0n) is 10.9. The van der Waals surface area contributed by atoms with Crippen LogP contribution in [-0.2, 0) is 6.42 Å². The van der Waals surface area contributed by atoms with Crippen LogP contribution in [0.3, 0.4) is 0 Å². The van der Waals surface area contributed by atoms with Gasteiger partial charge in [0.05, 0.1) is 5.69 Å². The molecule has 3 rings (SSSR count). The first-order chi connectivity index (χ1) is 8.72. The van der Waals surface area contributed by atoms with Gasteiger partial charge in [-0.05, 0) is 38.1 Å². The Hall–Kier alpha value is -1.29. The lowest BCUT2D eigenvalue weighted by Crippen LogP contribution is -2.20. The van der Waals surface area contributed by atoms with E-state index in [4.69, 9.17) is 0 Å². The molecule has 0 bridgehead atoms. The molecule has 1 unspecified atom stereocenters. The fraction of sp³-hybridized carbons (Fsp3) is 0.500. The van der Waals surface area contributed by atoms with E-state index in [-0.39, 0.29) is 0 Å². The summed E-state index contributed by atoms with van der Waals surface area (Å²) in [5, 5.41) is 5.69. The maximum Gasteiger partial charge on any atom is 0.203 e. The molecule has 0 spiro atoms. The van der Waals surface area contributed by atoms with Gasteiger partial charge in [0.2, 0.25) is 5.95 Å². The lowest BCUT2D eigenvalue weighted by Gasteiger charge is -2.15. The third-order valence-corrected chi connectivity index (χ3v) is 4.15. The fourth-order valence-corrected chi connectivity index (χ4v) is 3.09. The molecule has 1 saturated carbocycles. The van der Waals surface area contributed by atoms with Gasteiger partial charge in [-0.15, -0.1) is 11.3 Å². The topological polar surface area (TPSA) is 29.9 Å². The number of hydrogen-bond acceptors (Lipinski definition) is 3. The van der Waals surface area contributed by atoms with Crippen molar-refractivity contribution in [3.05, 3.63) is 34.3 Å². The van der Waals surface area contributed by atoms with Gasteiger partial charge >= 0.3 is 0 Å². The van der Waals surface area contributed by atoms with Crippen molar-refractivity contribution in [3.63, 3.8) is 0 Å². The molecule has 0 saturated heterocycles. The summed E-state index contributed by atoms with van der Waals surface area (Å²) in [4.78, 5) is 6.02. The van der Waals surface area contributed by atoms with Crippen LogP contribution >= 0.6 is 11.3 Å². The van der Waals surface area contributed by atoms with Crippen LogP contribution in [0.4, 0.5) is 5.95 Å². The van der Waals surface area contributed by atoms with E-state index in [1.807, 2.05) is 11.3 Å². The average molecular weight is 261 g/mol. The van der Waals surface area contributed by atoms with Crippen LogP contribution in [0.5, 0.6) is 0 Å². The molecule has 0 radical (unpaired) electrons. The summed E-state index contributed by atoms with van der Waals surface area (Å²) in [6.07, 6.45) is 5.82. The van der Waals surface area contributed by atoms with Gasteiger partial charge in [0.15, 0.2) is 0 Å². The predicted octanol–water partition coefficient (Wildman–Crippen LogP) is 3.63. The van der Waals surface area contributed by atoms with E-state index in [1.54, 1.807) is 0 Å². The molecular formula is C14H19N3S. The van der Waals surface area contributed by atoms with E-state index in [9.17, 15) is 0 Å². The molecular weight excluding hydrogens is 242 g/mol. The van der Waals surface area contributed by atoms with Crippen LogP contribution in [-0.4, -0.2) is 15.6 Å². The Morgan fingerprint density at radius 1 is 1.56 bits per heavy atom. The molecule has 0 amide bonds. The number of aryl methyl sites for hydroxylation is 1. The Bertz CT molecular complexity index is 511. The molecule has 1 atom stereocenters. The molecule has 1 fully saturated rings. The number of nitrogens with one attached hydrogen (secondary N) is 1. The van der Waals surface area contributed by atoms with Gasteiger partial charge < -0.3 is 9.88 Å². The van der Waals surface area contributed by atoms with Crippen molar-refractivity contribution in [2.24, 2.45) is 0 Å². The van der Waals surface area contributed by atoms with Crippen molar-refractivity contribution < 1.29 is 0 Å². The Balaban J connectivity index is 1.68. The van der Waals surface area contributed by atoms with E-state index in [1.165, 1.54) is 17.7 Å². The van der Waals surface area contributed by atoms with Gasteiger partial charge in [0.25, 0.3) is 0 Å². The summed E-state index contributed by atoms with van der Waals surface area (Å²) in [6.45, 7) is 4.29. The zero-order chi connectivity index (χ0) is 12.5. The third kappa shape index (κ3) is 2.58. The highest BCUT2D eigenvalue weighted by Gasteiger charge is 2.26. The van der Waals surface area contributed by atoms with E-state index >= 15 is 0 Å². The molecule has 4 heteroatoms. The lowest BCUT2D eigenvalue weighted by atomic mass is 10.2. The van der Waals surface area contributed by atoms with E-state index in [0.29, 0.717) is 12.1 Å². The zero-order valence-corrected chi connectivity index (χ0v) is 11.7.